The number of likely N-dealkylation sites (tertiary alicyclic amines) is 2. The lowest BCUT2D eigenvalue weighted by Crippen LogP contribution is -2.68. The predicted molar refractivity (Wildman–Crippen MR) is 154 cm³/mol. The summed E-state index contributed by atoms with van der Waals surface area (Å²) in [5, 5.41) is 13.7. The molecule has 12 heteroatoms. The maximum absolute atomic E-state index is 15.3. The molecule has 4 heterocycles. The SMILES string of the molecule is CCC(=NC1CCN(C(=O)C2(F)CN(C(=O)/C=C/CN(C)C)C2)CC1)/C(=C\N)c1cc(OC)c2c(C#N)cnn2c1. The smallest absolute Gasteiger partial charge is 0.264 e. The van der Waals surface area contributed by atoms with Gasteiger partial charge in [-0.05, 0) is 39.4 Å². The summed E-state index contributed by atoms with van der Waals surface area (Å²) < 4.78 is 22.5. The van der Waals surface area contributed by atoms with Gasteiger partial charge in [0.2, 0.25) is 11.6 Å². The number of aliphatic imine (C=N–C) groups is 1. The summed E-state index contributed by atoms with van der Waals surface area (Å²) in [7, 11) is 5.31. The summed E-state index contributed by atoms with van der Waals surface area (Å²) in [4.78, 5) is 35.0. The summed E-state index contributed by atoms with van der Waals surface area (Å²) in [6.45, 7) is 2.93. The van der Waals surface area contributed by atoms with E-state index in [-0.39, 0.29) is 25.0 Å². The molecule has 2 N–H and O–H groups in total. The minimum atomic E-state index is -2.04. The fraction of sp³-hybridized carbons (Fsp3) is 0.483. The van der Waals surface area contributed by atoms with E-state index in [2.05, 4.69) is 11.2 Å². The highest BCUT2D eigenvalue weighted by Gasteiger charge is 2.53. The second-order valence-corrected chi connectivity index (χ2v) is 10.6. The van der Waals surface area contributed by atoms with Crippen LogP contribution in [0.15, 0.2) is 41.8 Å². The first-order chi connectivity index (χ1) is 19.6. The molecular weight excluding hydrogens is 527 g/mol. The van der Waals surface area contributed by atoms with E-state index < -0.39 is 11.6 Å². The molecule has 41 heavy (non-hydrogen) atoms. The van der Waals surface area contributed by atoms with Crippen molar-refractivity contribution in [2.75, 3.05) is 53.9 Å². The van der Waals surface area contributed by atoms with Crippen molar-refractivity contribution in [1.82, 2.24) is 24.3 Å². The fourth-order valence-corrected chi connectivity index (χ4v) is 5.20. The van der Waals surface area contributed by atoms with Crippen LogP contribution in [-0.2, 0) is 9.59 Å². The lowest BCUT2D eigenvalue weighted by molar-refractivity contribution is -0.162. The lowest BCUT2D eigenvalue weighted by Gasteiger charge is -2.45. The Labute approximate surface area is 239 Å². The van der Waals surface area contributed by atoms with Crippen molar-refractivity contribution in [1.29, 1.82) is 5.26 Å². The Hall–Kier alpha value is -4.24. The van der Waals surface area contributed by atoms with Crippen LogP contribution in [0.3, 0.4) is 0 Å². The Bertz CT molecular complexity index is 1420. The highest BCUT2D eigenvalue weighted by Crippen LogP contribution is 2.31. The quantitative estimate of drug-likeness (QED) is 0.364. The van der Waals surface area contributed by atoms with Gasteiger partial charge in [-0.2, -0.15) is 10.4 Å². The number of hydrogen-bond donors (Lipinski definition) is 1. The zero-order valence-electron chi connectivity index (χ0n) is 24.0. The van der Waals surface area contributed by atoms with Gasteiger partial charge in [0.1, 0.15) is 22.9 Å². The standard InChI is InChI=1S/C29H37FN8O3/c1-5-24(23(15-32)20-13-25(41-4)27-21(14-31)16-33-38(27)17-20)34-22-8-11-36(12-9-22)28(40)29(30)18-37(19-29)26(39)7-6-10-35(2)3/h6-7,13,15-17,22H,5,8-12,18-19,32H2,1-4H3/b7-6+,23-15-,34-24?. The van der Waals surface area contributed by atoms with Gasteiger partial charge >= 0.3 is 0 Å². The first-order valence-electron chi connectivity index (χ1n) is 13.7. The number of carbonyl (C=O) groups is 2. The van der Waals surface area contributed by atoms with Crippen molar-refractivity contribution in [2.24, 2.45) is 10.7 Å². The highest BCUT2D eigenvalue weighted by molar-refractivity contribution is 6.23. The molecular formula is C29H37FN8O3. The van der Waals surface area contributed by atoms with Gasteiger partial charge in [0.15, 0.2) is 0 Å². The number of halogens is 1. The van der Waals surface area contributed by atoms with Gasteiger partial charge in [0, 0.05) is 55.0 Å². The lowest BCUT2D eigenvalue weighted by atomic mass is 9.92. The third-order valence-corrected chi connectivity index (χ3v) is 7.44. The number of aromatic nitrogens is 2. The summed E-state index contributed by atoms with van der Waals surface area (Å²) in [6, 6.07) is 3.88. The average molecular weight is 565 g/mol. The van der Waals surface area contributed by atoms with Gasteiger partial charge in [-0.15, -0.1) is 0 Å². The number of ether oxygens (including phenoxy) is 1. The summed E-state index contributed by atoms with van der Waals surface area (Å²) in [5.74, 6) is -0.346. The van der Waals surface area contributed by atoms with Crippen molar-refractivity contribution >= 4 is 28.6 Å². The number of nitrogens with zero attached hydrogens (tertiary/aromatic N) is 7. The van der Waals surface area contributed by atoms with E-state index in [1.165, 1.54) is 30.5 Å². The molecule has 2 saturated heterocycles. The predicted octanol–water partition coefficient (Wildman–Crippen LogP) is 2.02. The number of methoxy groups -OCH3 is 1. The number of fused-ring (bicyclic) bond motifs is 1. The molecule has 11 nitrogen and oxygen atoms in total. The van der Waals surface area contributed by atoms with Gasteiger partial charge in [-0.3, -0.25) is 14.6 Å². The van der Waals surface area contributed by atoms with Crippen LogP contribution in [0.4, 0.5) is 4.39 Å². The maximum atomic E-state index is 15.3. The van der Waals surface area contributed by atoms with Crippen LogP contribution in [0.25, 0.3) is 11.1 Å². The molecule has 218 valence electrons. The van der Waals surface area contributed by atoms with Gasteiger partial charge < -0.3 is 25.2 Å². The van der Waals surface area contributed by atoms with E-state index in [4.69, 9.17) is 15.5 Å². The third kappa shape index (κ3) is 6.25. The zero-order valence-corrected chi connectivity index (χ0v) is 24.0. The van der Waals surface area contributed by atoms with Crippen LogP contribution in [0.2, 0.25) is 0 Å². The van der Waals surface area contributed by atoms with E-state index in [1.807, 2.05) is 32.0 Å². The van der Waals surface area contributed by atoms with Crippen molar-refractivity contribution in [2.45, 2.75) is 37.9 Å². The molecule has 0 aliphatic carbocycles. The van der Waals surface area contributed by atoms with Crippen LogP contribution in [-0.4, -0.2) is 107 Å². The largest absolute Gasteiger partial charge is 0.494 e. The maximum Gasteiger partial charge on any atom is 0.264 e. The Balaban J connectivity index is 1.39. The Morgan fingerprint density at radius 3 is 2.61 bits per heavy atom. The molecule has 2 aromatic heterocycles. The summed E-state index contributed by atoms with van der Waals surface area (Å²) >= 11 is 0. The molecule has 2 amide bonds. The van der Waals surface area contributed by atoms with Crippen molar-refractivity contribution < 1.29 is 18.7 Å². The van der Waals surface area contributed by atoms with Crippen molar-refractivity contribution in [3.63, 3.8) is 0 Å². The first kappa shape index (κ1) is 29.7. The first-order valence-corrected chi connectivity index (χ1v) is 13.7. The number of pyridine rings is 1. The number of hydrogen-bond acceptors (Lipinski definition) is 8. The van der Waals surface area contributed by atoms with Gasteiger partial charge in [0.05, 0.1) is 32.4 Å². The number of nitriles is 1. The molecule has 0 bridgehead atoms. The molecule has 0 radical (unpaired) electrons. The minimum absolute atomic E-state index is 0.0543. The highest BCUT2D eigenvalue weighted by atomic mass is 19.1. The van der Waals surface area contributed by atoms with Crippen LogP contribution in [0, 0.1) is 11.3 Å². The van der Waals surface area contributed by atoms with Crippen LogP contribution in [0.5, 0.6) is 5.75 Å². The fourth-order valence-electron chi connectivity index (χ4n) is 5.20. The number of likely N-dealkylation sites (N-methyl/N-ethyl adjacent to an activating group) is 1. The Morgan fingerprint density at radius 2 is 2.02 bits per heavy atom. The van der Waals surface area contributed by atoms with E-state index in [1.54, 1.807) is 21.7 Å². The van der Waals surface area contributed by atoms with Gasteiger partial charge in [0.25, 0.3) is 5.91 Å². The number of alkyl halides is 1. The van der Waals surface area contributed by atoms with Crippen LogP contribution < -0.4 is 10.5 Å². The minimum Gasteiger partial charge on any atom is -0.494 e. The normalized spacial score (nSPS) is 18.2. The van der Waals surface area contributed by atoms with Gasteiger partial charge in [-0.25, -0.2) is 8.91 Å². The van der Waals surface area contributed by atoms with Crippen molar-refractivity contribution in [3.8, 4) is 11.8 Å². The molecule has 0 unspecified atom stereocenters. The van der Waals surface area contributed by atoms with E-state index >= 15 is 4.39 Å². The molecule has 4 rings (SSSR count). The number of amides is 2. The zero-order chi connectivity index (χ0) is 29.7. The molecule has 2 aliphatic rings. The number of rotatable bonds is 9. The van der Waals surface area contributed by atoms with E-state index in [9.17, 15) is 14.9 Å². The molecule has 0 saturated carbocycles. The van der Waals surface area contributed by atoms with Gasteiger partial charge in [-0.1, -0.05) is 13.0 Å². The van der Waals surface area contributed by atoms with E-state index in [0.717, 1.165) is 16.8 Å². The average Bonchev–Trinajstić information content (AvgIpc) is 3.37. The van der Waals surface area contributed by atoms with Crippen LogP contribution in [0.1, 0.15) is 37.3 Å². The number of allylic oxidation sites excluding steroid dienone is 1. The van der Waals surface area contributed by atoms with Crippen LogP contribution >= 0.6 is 0 Å². The molecule has 2 fully saturated rings. The Morgan fingerprint density at radius 1 is 1.32 bits per heavy atom. The number of carbonyl (C=O) groups excluding carboxylic acids is 2. The second-order valence-electron chi connectivity index (χ2n) is 10.6. The van der Waals surface area contributed by atoms with Crippen molar-refractivity contribution in [3.05, 3.63) is 47.9 Å². The molecule has 2 aromatic rings. The third-order valence-electron chi connectivity index (χ3n) is 7.44. The second kappa shape index (κ2) is 12.5. The molecule has 0 spiro atoms. The molecule has 0 aromatic carbocycles. The summed E-state index contributed by atoms with van der Waals surface area (Å²) in [5.41, 5.74) is 7.27. The Kier molecular flexibility index (Phi) is 9.08. The molecule has 0 atom stereocenters. The topological polar surface area (TPSA) is 133 Å². The molecule has 2 aliphatic heterocycles. The van der Waals surface area contributed by atoms with E-state index in [0.29, 0.717) is 55.7 Å². The summed E-state index contributed by atoms with van der Waals surface area (Å²) in [6.07, 6.45) is 9.72. The monoisotopic (exact) mass is 564 g/mol. The number of nitrogens with two attached hydrogens (primary N) is 1. The number of piperidine rings is 1.